The SMILES string of the molecule is COc1nccnc1N(C)CC1CCN(C(=O)c2cc(C)on2)CC1. The van der Waals surface area contributed by atoms with Crippen molar-refractivity contribution in [3.05, 3.63) is 29.9 Å². The van der Waals surface area contributed by atoms with E-state index in [9.17, 15) is 4.79 Å². The Bertz CT molecular complexity index is 725. The van der Waals surface area contributed by atoms with Gasteiger partial charge in [-0.15, -0.1) is 0 Å². The lowest BCUT2D eigenvalue weighted by Gasteiger charge is -2.33. The Balaban J connectivity index is 1.55. The van der Waals surface area contributed by atoms with Crippen LogP contribution < -0.4 is 9.64 Å². The fourth-order valence-corrected chi connectivity index (χ4v) is 3.15. The maximum atomic E-state index is 12.4. The molecule has 0 spiro atoms. The third kappa shape index (κ3) is 3.89. The number of hydrogen-bond acceptors (Lipinski definition) is 7. The van der Waals surface area contributed by atoms with Crippen molar-refractivity contribution in [3.63, 3.8) is 0 Å². The van der Waals surface area contributed by atoms with Crippen LogP contribution in [-0.2, 0) is 0 Å². The van der Waals surface area contributed by atoms with E-state index in [0.29, 0.717) is 23.3 Å². The summed E-state index contributed by atoms with van der Waals surface area (Å²) in [6.45, 7) is 4.08. The molecule has 0 aliphatic carbocycles. The summed E-state index contributed by atoms with van der Waals surface area (Å²) in [5.41, 5.74) is 0.386. The van der Waals surface area contributed by atoms with Crippen molar-refractivity contribution in [1.29, 1.82) is 0 Å². The quantitative estimate of drug-likeness (QED) is 0.816. The summed E-state index contributed by atoms with van der Waals surface area (Å²) in [5, 5.41) is 3.81. The molecular formula is C17H23N5O3. The average molecular weight is 345 g/mol. The van der Waals surface area contributed by atoms with Crippen molar-refractivity contribution in [3.8, 4) is 5.88 Å². The van der Waals surface area contributed by atoms with Crippen molar-refractivity contribution >= 4 is 11.7 Å². The van der Waals surface area contributed by atoms with Crippen molar-refractivity contribution in [2.24, 2.45) is 5.92 Å². The van der Waals surface area contributed by atoms with Gasteiger partial charge in [0.05, 0.1) is 7.11 Å². The van der Waals surface area contributed by atoms with E-state index in [-0.39, 0.29) is 5.91 Å². The maximum Gasteiger partial charge on any atom is 0.276 e. The molecule has 0 radical (unpaired) electrons. The van der Waals surface area contributed by atoms with E-state index in [2.05, 4.69) is 20.0 Å². The van der Waals surface area contributed by atoms with Gasteiger partial charge in [-0.25, -0.2) is 9.97 Å². The molecule has 2 aromatic rings. The zero-order valence-electron chi connectivity index (χ0n) is 14.8. The predicted octanol–water partition coefficient (Wildman–Crippen LogP) is 1.77. The van der Waals surface area contributed by atoms with E-state index >= 15 is 0 Å². The number of methoxy groups -OCH3 is 1. The number of carbonyl (C=O) groups is 1. The van der Waals surface area contributed by atoms with Crippen molar-refractivity contribution in [2.45, 2.75) is 19.8 Å². The zero-order valence-corrected chi connectivity index (χ0v) is 14.8. The second kappa shape index (κ2) is 7.50. The van der Waals surface area contributed by atoms with Gasteiger partial charge in [0.15, 0.2) is 11.5 Å². The van der Waals surface area contributed by atoms with E-state index < -0.39 is 0 Å². The minimum atomic E-state index is -0.0563. The highest BCUT2D eigenvalue weighted by atomic mass is 16.5. The molecule has 2 aromatic heterocycles. The molecule has 25 heavy (non-hydrogen) atoms. The largest absolute Gasteiger partial charge is 0.478 e. The monoisotopic (exact) mass is 345 g/mol. The number of anilines is 1. The van der Waals surface area contributed by atoms with E-state index in [4.69, 9.17) is 9.26 Å². The minimum Gasteiger partial charge on any atom is -0.478 e. The van der Waals surface area contributed by atoms with Crippen LogP contribution in [0.4, 0.5) is 5.82 Å². The van der Waals surface area contributed by atoms with Gasteiger partial charge in [-0.1, -0.05) is 5.16 Å². The van der Waals surface area contributed by atoms with Gasteiger partial charge in [-0.3, -0.25) is 4.79 Å². The van der Waals surface area contributed by atoms with Crippen LogP contribution in [0.3, 0.4) is 0 Å². The molecule has 8 nitrogen and oxygen atoms in total. The molecule has 8 heteroatoms. The summed E-state index contributed by atoms with van der Waals surface area (Å²) in [5.74, 6) is 2.34. The summed E-state index contributed by atoms with van der Waals surface area (Å²) < 4.78 is 10.3. The first-order valence-corrected chi connectivity index (χ1v) is 8.37. The van der Waals surface area contributed by atoms with E-state index in [1.807, 2.05) is 11.9 Å². The Morgan fingerprint density at radius 1 is 1.36 bits per heavy atom. The van der Waals surface area contributed by atoms with Crippen LogP contribution in [-0.4, -0.2) is 59.7 Å². The normalized spacial score (nSPS) is 15.2. The molecule has 0 unspecified atom stereocenters. The van der Waals surface area contributed by atoms with Crippen molar-refractivity contribution in [2.75, 3.05) is 38.7 Å². The number of aryl methyl sites for hydroxylation is 1. The summed E-state index contributed by atoms with van der Waals surface area (Å²) in [7, 11) is 3.58. The number of hydrogen-bond donors (Lipinski definition) is 0. The maximum absolute atomic E-state index is 12.4. The molecule has 1 fully saturated rings. The standard InChI is InChI=1S/C17H23N5O3/c1-12-10-14(20-25-12)17(23)22-8-4-13(5-9-22)11-21(2)15-16(24-3)19-7-6-18-15/h6-7,10,13H,4-5,8-9,11H2,1-3H3. The smallest absolute Gasteiger partial charge is 0.276 e. The fraction of sp³-hybridized carbons (Fsp3) is 0.529. The zero-order chi connectivity index (χ0) is 17.8. The fourth-order valence-electron chi connectivity index (χ4n) is 3.15. The molecule has 0 N–H and O–H groups in total. The van der Waals surface area contributed by atoms with Crippen LogP contribution in [0.25, 0.3) is 0 Å². The third-order valence-electron chi connectivity index (χ3n) is 4.48. The van der Waals surface area contributed by atoms with Crippen molar-refractivity contribution in [1.82, 2.24) is 20.0 Å². The Morgan fingerprint density at radius 3 is 2.72 bits per heavy atom. The highest BCUT2D eigenvalue weighted by Crippen LogP contribution is 2.25. The van der Waals surface area contributed by atoms with Gasteiger partial charge >= 0.3 is 0 Å². The molecule has 0 aromatic carbocycles. The highest BCUT2D eigenvalue weighted by Gasteiger charge is 2.26. The molecule has 1 amide bonds. The number of rotatable bonds is 5. The molecule has 1 saturated heterocycles. The summed E-state index contributed by atoms with van der Waals surface area (Å²) in [6, 6.07) is 1.68. The van der Waals surface area contributed by atoms with E-state index in [0.717, 1.165) is 38.3 Å². The van der Waals surface area contributed by atoms with Gasteiger partial charge < -0.3 is 19.1 Å². The predicted molar refractivity (Wildman–Crippen MR) is 91.7 cm³/mol. The molecular weight excluding hydrogens is 322 g/mol. The minimum absolute atomic E-state index is 0.0563. The number of ether oxygens (including phenoxy) is 1. The molecule has 1 aliphatic rings. The first-order chi connectivity index (χ1) is 12.1. The molecule has 0 bridgehead atoms. The summed E-state index contributed by atoms with van der Waals surface area (Å²) >= 11 is 0. The highest BCUT2D eigenvalue weighted by molar-refractivity contribution is 5.92. The molecule has 3 rings (SSSR count). The molecule has 1 aliphatic heterocycles. The van der Waals surface area contributed by atoms with Crippen LogP contribution in [0, 0.1) is 12.8 Å². The summed E-state index contributed by atoms with van der Waals surface area (Å²) in [6.07, 6.45) is 5.16. The van der Waals surface area contributed by atoms with Crippen LogP contribution in [0.15, 0.2) is 23.0 Å². The second-order valence-corrected chi connectivity index (χ2v) is 6.33. The topological polar surface area (TPSA) is 84.6 Å². The van der Waals surface area contributed by atoms with Crippen LogP contribution in [0.5, 0.6) is 5.88 Å². The Labute approximate surface area is 146 Å². The van der Waals surface area contributed by atoms with Gasteiger partial charge in [0.25, 0.3) is 11.8 Å². The van der Waals surface area contributed by atoms with Gasteiger partial charge in [0.1, 0.15) is 5.76 Å². The van der Waals surface area contributed by atoms with E-state index in [1.165, 1.54) is 0 Å². The number of piperidine rings is 1. The summed E-state index contributed by atoms with van der Waals surface area (Å²) in [4.78, 5) is 24.9. The molecule has 134 valence electrons. The van der Waals surface area contributed by atoms with Gasteiger partial charge in [-0.2, -0.15) is 0 Å². The molecule has 0 saturated carbocycles. The number of amides is 1. The first-order valence-electron chi connectivity index (χ1n) is 8.37. The Morgan fingerprint density at radius 2 is 2.08 bits per heavy atom. The molecule has 3 heterocycles. The number of aromatic nitrogens is 3. The van der Waals surface area contributed by atoms with E-state index in [1.54, 1.807) is 32.5 Å². The van der Waals surface area contributed by atoms with Crippen LogP contribution in [0.1, 0.15) is 29.1 Å². The first kappa shape index (κ1) is 17.2. The number of carbonyl (C=O) groups excluding carboxylic acids is 1. The van der Waals surface area contributed by atoms with Crippen LogP contribution in [0.2, 0.25) is 0 Å². The average Bonchev–Trinajstić information content (AvgIpc) is 3.08. The van der Waals surface area contributed by atoms with Gasteiger partial charge in [0, 0.05) is 45.1 Å². The lowest BCUT2D eigenvalue weighted by Crippen LogP contribution is -2.41. The lowest BCUT2D eigenvalue weighted by molar-refractivity contribution is 0.0682. The van der Waals surface area contributed by atoms with Gasteiger partial charge in [0.2, 0.25) is 0 Å². The van der Waals surface area contributed by atoms with Crippen molar-refractivity contribution < 1.29 is 14.1 Å². The second-order valence-electron chi connectivity index (χ2n) is 6.33. The number of likely N-dealkylation sites (tertiary alicyclic amines) is 1. The third-order valence-corrected chi connectivity index (χ3v) is 4.48. The Kier molecular flexibility index (Phi) is 5.16. The molecule has 0 atom stereocenters. The Hall–Kier alpha value is -2.64. The lowest BCUT2D eigenvalue weighted by atomic mass is 9.96. The van der Waals surface area contributed by atoms with Gasteiger partial charge in [-0.05, 0) is 25.7 Å². The number of nitrogens with zero attached hydrogens (tertiary/aromatic N) is 5. The van der Waals surface area contributed by atoms with Crippen LogP contribution >= 0.6 is 0 Å².